The molecule has 1 aromatic heterocycles. The number of benzene rings is 1. The van der Waals surface area contributed by atoms with Gasteiger partial charge in [0.25, 0.3) is 0 Å². The largest absolute Gasteiger partial charge is 0.487 e. The van der Waals surface area contributed by atoms with Crippen LogP contribution in [-0.2, 0) is 6.61 Å². The number of hydrogen-bond acceptors (Lipinski definition) is 4. The Bertz CT molecular complexity index is 571. The molecule has 0 aliphatic rings. The van der Waals surface area contributed by atoms with Gasteiger partial charge in [-0.1, -0.05) is 28.9 Å². The van der Waals surface area contributed by atoms with E-state index >= 15 is 0 Å². The molecular formula is C15H19BrN2OS. The molecule has 1 heterocycles. The van der Waals surface area contributed by atoms with E-state index in [2.05, 4.69) is 46.1 Å². The van der Waals surface area contributed by atoms with E-state index in [0.29, 0.717) is 6.61 Å². The lowest BCUT2D eigenvalue weighted by molar-refractivity contribution is 0.295. The summed E-state index contributed by atoms with van der Waals surface area (Å²) in [6, 6.07) is 6.42. The maximum Gasteiger partial charge on any atom is 0.131 e. The van der Waals surface area contributed by atoms with E-state index in [9.17, 15) is 0 Å². The van der Waals surface area contributed by atoms with E-state index < -0.39 is 0 Å². The van der Waals surface area contributed by atoms with Crippen LogP contribution in [0.2, 0.25) is 0 Å². The second kappa shape index (κ2) is 7.20. The lowest BCUT2D eigenvalue weighted by Crippen LogP contribution is -2.18. The van der Waals surface area contributed by atoms with Gasteiger partial charge in [-0.2, -0.15) is 0 Å². The molecule has 0 bridgehead atoms. The van der Waals surface area contributed by atoms with Crippen LogP contribution in [0.3, 0.4) is 0 Å². The van der Waals surface area contributed by atoms with Crippen molar-refractivity contribution >= 4 is 27.3 Å². The van der Waals surface area contributed by atoms with Crippen molar-refractivity contribution in [3.8, 4) is 5.75 Å². The maximum absolute atomic E-state index is 5.96. The van der Waals surface area contributed by atoms with E-state index in [1.165, 1.54) is 5.56 Å². The van der Waals surface area contributed by atoms with Crippen molar-refractivity contribution in [2.24, 2.45) is 0 Å². The van der Waals surface area contributed by atoms with Crippen LogP contribution in [0.5, 0.6) is 5.75 Å². The van der Waals surface area contributed by atoms with Gasteiger partial charge in [0.05, 0.1) is 10.7 Å². The molecule has 2 rings (SSSR count). The first-order chi connectivity index (χ1) is 9.60. The minimum atomic E-state index is 0.264. The minimum absolute atomic E-state index is 0.264. The zero-order valence-electron chi connectivity index (χ0n) is 11.9. The predicted molar refractivity (Wildman–Crippen MR) is 87.4 cm³/mol. The Balaban J connectivity index is 2.14. The van der Waals surface area contributed by atoms with Crippen LogP contribution in [-0.4, -0.2) is 11.5 Å². The number of ether oxygens (including phenoxy) is 1. The normalized spacial score (nSPS) is 12.4. The van der Waals surface area contributed by atoms with Crippen LogP contribution >= 0.6 is 27.3 Å². The van der Waals surface area contributed by atoms with Crippen LogP contribution in [0.25, 0.3) is 0 Å². The quantitative estimate of drug-likeness (QED) is 0.831. The molecule has 20 heavy (non-hydrogen) atoms. The Morgan fingerprint density at radius 3 is 2.90 bits per heavy atom. The Labute approximate surface area is 132 Å². The van der Waals surface area contributed by atoms with Gasteiger partial charge < -0.3 is 10.1 Å². The number of nitrogens with zero attached hydrogens (tertiary/aromatic N) is 1. The number of aromatic nitrogens is 1. The third-order valence-electron chi connectivity index (χ3n) is 2.99. The topological polar surface area (TPSA) is 34.1 Å². The number of thiazole rings is 1. The summed E-state index contributed by atoms with van der Waals surface area (Å²) in [5.74, 6) is 0.901. The summed E-state index contributed by atoms with van der Waals surface area (Å²) in [5, 5.41) is 6.53. The molecule has 0 saturated heterocycles. The van der Waals surface area contributed by atoms with Crippen molar-refractivity contribution in [1.29, 1.82) is 0 Å². The van der Waals surface area contributed by atoms with Gasteiger partial charge in [0, 0.05) is 21.5 Å². The number of halogens is 1. The second-order valence-corrected chi connectivity index (χ2v) is 6.59. The maximum atomic E-state index is 5.96. The molecule has 3 nitrogen and oxygen atoms in total. The first-order valence-corrected chi connectivity index (χ1v) is 8.34. The van der Waals surface area contributed by atoms with Crippen LogP contribution in [0.15, 0.2) is 28.1 Å². The molecule has 1 unspecified atom stereocenters. The first kappa shape index (κ1) is 15.5. The van der Waals surface area contributed by atoms with Crippen LogP contribution < -0.4 is 10.1 Å². The van der Waals surface area contributed by atoms with E-state index in [1.54, 1.807) is 11.3 Å². The Kier molecular flexibility index (Phi) is 5.57. The van der Waals surface area contributed by atoms with Crippen LogP contribution in [0, 0.1) is 6.92 Å². The highest BCUT2D eigenvalue weighted by Gasteiger charge is 2.12. The van der Waals surface area contributed by atoms with Crippen molar-refractivity contribution in [3.63, 3.8) is 0 Å². The molecule has 0 saturated carbocycles. The average Bonchev–Trinajstić information content (AvgIpc) is 2.82. The van der Waals surface area contributed by atoms with Gasteiger partial charge in [-0.3, -0.25) is 0 Å². The van der Waals surface area contributed by atoms with Crippen LogP contribution in [0.4, 0.5) is 0 Å². The predicted octanol–water partition coefficient (Wildman–Crippen LogP) is 4.46. The summed E-state index contributed by atoms with van der Waals surface area (Å²) in [4.78, 5) is 4.43. The molecule has 0 aliphatic carbocycles. The molecule has 1 atom stereocenters. The van der Waals surface area contributed by atoms with Gasteiger partial charge in [-0.15, -0.1) is 11.3 Å². The third kappa shape index (κ3) is 4.04. The summed E-state index contributed by atoms with van der Waals surface area (Å²) in [6.45, 7) is 7.70. The number of hydrogen-bond donors (Lipinski definition) is 1. The summed E-state index contributed by atoms with van der Waals surface area (Å²) in [5.41, 5.74) is 2.15. The molecule has 1 N–H and O–H groups in total. The van der Waals surface area contributed by atoms with Gasteiger partial charge in [0.1, 0.15) is 12.4 Å². The Morgan fingerprint density at radius 2 is 2.25 bits per heavy atom. The molecule has 1 aromatic carbocycles. The Morgan fingerprint density at radius 1 is 1.45 bits per heavy atom. The molecule has 0 spiro atoms. The average molecular weight is 355 g/mol. The summed E-state index contributed by atoms with van der Waals surface area (Å²) in [6.07, 6.45) is 0. The number of aryl methyl sites for hydroxylation is 1. The molecule has 5 heteroatoms. The number of nitrogens with one attached hydrogen (secondary N) is 1. The highest BCUT2D eigenvalue weighted by Crippen LogP contribution is 2.29. The molecule has 0 aliphatic heterocycles. The Hall–Kier alpha value is -0.910. The van der Waals surface area contributed by atoms with Crippen molar-refractivity contribution in [3.05, 3.63) is 44.3 Å². The van der Waals surface area contributed by atoms with Gasteiger partial charge in [-0.25, -0.2) is 4.98 Å². The van der Waals surface area contributed by atoms with Crippen molar-refractivity contribution < 1.29 is 4.74 Å². The monoisotopic (exact) mass is 354 g/mol. The molecule has 0 amide bonds. The summed E-state index contributed by atoms with van der Waals surface area (Å²) >= 11 is 5.15. The third-order valence-corrected chi connectivity index (χ3v) is 4.31. The SMILES string of the molecule is CCNC(C)c1ccc(Br)cc1OCc1csc(C)n1. The summed E-state index contributed by atoms with van der Waals surface area (Å²) in [7, 11) is 0. The molecule has 2 aromatic rings. The molecule has 0 radical (unpaired) electrons. The van der Waals surface area contributed by atoms with E-state index in [4.69, 9.17) is 4.74 Å². The van der Waals surface area contributed by atoms with Gasteiger partial charge >= 0.3 is 0 Å². The minimum Gasteiger partial charge on any atom is -0.487 e. The van der Waals surface area contributed by atoms with Crippen molar-refractivity contribution in [1.82, 2.24) is 10.3 Å². The second-order valence-electron chi connectivity index (χ2n) is 4.61. The fourth-order valence-electron chi connectivity index (χ4n) is 2.03. The lowest BCUT2D eigenvalue weighted by atomic mass is 10.1. The van der Waals surface area contributed by atoms with Crippen LogP contribution in [0.1, 0.15) is 36.2 Å². The first-order valence-electron chi connectivity index (χ1n) is 6.66. The molecule has 108 valence electrons. The molecular weight excluding hydrogens is 336 g/mol. The molecule has 0 fully saturated rings. The summed E-state index contributed by atoms with van der Waals surface area (Å²) < 4.78 is 6.98. The van der Waals surface area contributed by atoms with Gasteiger partial charge in [0.2, 0.25) is 0 Å². The van der Waals surface area contributed by atoms with Gasteiger partial charge in [-0.05, 0) is 32.5 Å². The van der Waals surface area contributed by atoms with Gasteiger partial charge in [0.15, 0.2) is 0 Å². The number of rotatable bonds is 6. The standard InChI is InChI=1S/C15H19BrN2OS/c1-4-17-10(2)14-6-5-12(16)7-15(14)19-8-13-9-20-11(3)18-13/h5-7,9-10,17H,4,8H2,1-3H3. The highest BCUT2D eigenvalue weighted by atomic mass is 79.9. The smallest absolute Gasteiger partial charge is 0.131 e. The van der Waals surface area contributed by atoms with Crippen molar-refractivity contribution in [2.45, 2.75) is 33.4 Å². The highest BCUT2D eigenvalue weighted by molar-refractivity contribution is 9.10. The fourth-order valence-corrected chi connectivity index (χ4v) is 2.97. The lowest BCUT2D eigenvalue weighted by Gasteiger charge is -2.17. The van der Waals surface area contributed by atoms with Crippen molar-refractivity contribution in [2.75, 3.05) is 6.54 Å². The van der Waals surface area contributed by atoms with E-state index in [-0.39, 0.29) is 6.04 Å². The fraction of sp³-hybridized carbons (Fsp3) is 0.400. The van der Waals surface area contributed by atoms with E-state index in [1.807, 2.05) is 24.4 Å². The zero-order chi connectivity index (χ0) is 14.5. The zero-order valence-corrected chi connectivity index (χ0v) is 14.3. The van der Waals surface area contributed by atoms with E-state index in [0.717, 1.165) is 27.5 Å².